The Morgan fingerprint density at radius 1 is 1.24 bits per heavy atom. The molecule has 1 saturated heterocycles. The zero-order valence-electron chi connectivity index (χ0n) is 17.7. The van der Waals surface area contributed by atoms with E-state index in [4.69, 9.17) is 5.26 Å². The van der Waals surface area contributed by atoms with Gasteiger partial charge in [0.15, 0.2) is 0 Å². The summed E-state index contributed by atoms with van der Waals surface area (Å²) in [6, 6.07) is 6.18. The highest BCUT2D eigenvalue weighted by atomic mass is 19.4. The maximum atomic E-state index is 13.5. The Labute approximate surface area is 191 Å². The lowest BCUT2D eigenvalue weighted by molar-refractivity contribution is -0.137. The molecule has 1 fully saturated rings. The molecule has 11 heteroatoms. The number of amides is 2. The van der Waals surface area contributed by atoms with E-state index in [1.165, 1.54) is 30.6 Å². The number of nitrogens with zero attached hydrogens (tertiary/aromatic N) is 3. The van der Waals surface area contributed by atoms with Gasteiger partial charge in [-0.2, -0.15) is 18.4 Å². The molecule has 1 aromatic heterocycles. The number of likely N-dealkylation sites (tertiary alicyclic amines) is 1. The van der Waals surface area contributed by atoms with Crippen LogP contribution in [0.5, 0.6) is 0 Å². The molecule has 6 nitrogen and oxygen atoms in total. The van der Waals surface area contributed by atoms with Gasteiger partial charge in [-0.25, -0.2) is 8.78 Å². The largest absolute Gasteiger partial charge is 0.416 e. The molecule has 1 aliphatic heterocycles. The quantitative estimate of drug-likeness (QED) is 0.640. The van der Waals surface area contributed by atoms with Crippen LogP contribution >= 0.6 is 0 Å². The lowest BCUT2D eigenvalue weighted by Crippen LogP contribution is -2.43. The second kappa shape index (κ2) is 9.59. The monoisotopic (exact) mass is 478 g/mol. The molecule has 1 aromatic carbocycles. The molecule has 1 unspecified atom stereocenters. The lowest BCUT2D eigenvalue weighted by atomic mass is 9.96. The summed E-state index contributed by atoms with van der Waals surface area (Å²) in [7, 11) is 0. The molecule has 0 bridgehead atoms. The fraction of sp³-hybridized carbons (Fsp3) is 0.304. The molecule has 2 aromatic rings. The number of pyridine rings is 1. The van der Waals surface area contributed by atoms with E-state index in [0.29, 0.717) is 16.7 Å². The molecule has 0 saturated carbocycles. The Hall–Kier alpha value is -3.81. The van der Waals surface area contributed by atoms with Crippen molar-refractivity contribution in [3.8, 4) is 6.07 Å². The number of halogens is 5. The number of nitriles is 1. The molecular weight excluding hydrogens is 459 g/mol. The van der Waals surface area contributed by atoms with Crippen molar-refractivity contribution in [2.75, 3.05) is 13.1 Å². The number of rotatable bonds is 6. The highest BCUT2D eigenvalue weighted by molar-refractivity contribution is 5.98. The van der Waals surface area contributed by atoms with E-state index in [-0.39, 0.29) is 12.0 Å². The van der Waals surface area contributed by atoms with E-state index in [2.05, 4.69) is 16.9 Å². The van der Waals surface area contributed by atoms with Crippen LogP contribution in [0.1, 0.15) is 33.5 Å². The van der Waals surface area contributed by atoms with Gasteiger partial charge in [0.1, 0.15) is 6.04 Å². The first kappa shape index (κ1) is 24.8. The highest BCUT2D eigenvalue weighted by Gasteiger charge is 2.47. The number of benzene rings is 1. The van der Waals surface area contributed by atoms with Crippen molar-refractivity contribution in [1.82, 2.24) is 15.2 Å². The zero-order valence-corrected chi connectivity index (χ0v) is 17.7. The summed E-state index contributed by atoms with van der Waals surface area (Å²) in [6.07, 6.45) is -2.41. The number of carbonyl (C=O) groups excluding carboxylic acids is 2. The predicted octanol–water partition coefficient (Wildman–Crippen LogP) is 3.85. The third-order valence-corrected chi connectivity index (χ3v) is 5.31. The zero-order chi connectivity index (χ0) is 25.1. The first-order chi connectivity index (χ1) is 15.9. The number of hydrogen-bond acceptors (Lipinski definition) is 4. The summed E-state index contributed by atoms with van der Waals surface area (Å²) >= 11 is 0. The average Bonchev–Trinajstić information content (AvgIpc) is 3.11. The van der Waals surface area contributed by atoms with Gasteiger partial charge >= 0.3 is 6.18 Å². The Bertz CT molecular complexity index is 1140. The number of hydrogen-bond donors (Lipinski definition) is 1. The molecular formula is C23H19F5N4O2. The van der Waals surface area contributed by atoms with Gasteiger partial charge in [-0.05, 0) is 41.3 Å². The smallest absolute Gasteiger partial charge is 0.343 e. The molecule has 3 rings (SSSR count). The molecule has 2 heterocycles. The lowest BCUT2D eigenvalue weighted by Gasteiger charge is -2.19. The fourth-order valence-corrected chi connectivity index (χ4v) is 3.56. The minimum atomic E-state index is -4.47. The van der Waals surface area contributed by atoms with Crippen molar-refractivity contribution < 1.29 is 31.5 Å². The van der Waals surface area contributed by atoms with E-state index in [0.717, 1.165) is 17.0 Å². The van der Waals surface area contributed by atoms with Gasteiger partial charge in [0, 0.05) is 24.4 Å². The summed E-state index contributed by atoms with van der Waals surface area (Å²) in [5.74, 6) is -4.66. The Morgan fingerprint density at radius 2 is 1.91 bits per heavy atom. The molecule has 1 atom stereocenters. The van der Waals surface area contributed by atoms with Crippen LogP contribution in [0.15, 0.2) is 49.3 Å². The molecule has 178 valence electrons. The predicted molar refractivity (Wildman–Crippen MR) is 111 cm³/mol. The molecule has 1 aliphatic rings. The minimum Gasteiger partial charge on any atom is -0.343 e. The fourth-order valence-electron chi connectivity index (χ4n) is 3.56. The molecule has 0 aliphatic carbocycles. The second-order valence-corrected chi connectivity index (χ2v) is 7.80. The van der Waals surface area contributed by atoms with Crippen molar-refractivity contribution in [3.05, 3.63) is 71.6 Å². The van der Waals surface area contributed by atoms with Crippen LogP contribution in [-0.4, -0.2) is 46.8 Å². The number of allylic oxidation sites excluding steroid dienone is 1. The second-order valence-electron chi connectivity index (χ2n) is 7.80. The summed E-state index contributed by atoms with van der Waals surface area (Å²) < 4.78 is 65.4. The van der Waals surface area contributed by atoms with Gasteiger partial charge in [0.2, 0.25) is 5.91 Å². The van der Waals surface area contributed by atoms with E-state index >= 15 is 0 Å². The van der Waals surface area contributed by atoms with E-state index < -0.39 is 55.0 Å². The Morgan fingerprint density at radius 3 is 2.53 bits per heavy atom. The number of aromatic nitrogens is 1. The highest BCUT2D eigenvalue weighted by Crippen LogP contribution is 2.32. The normalized spacial score (nSPS) is 17.2. The van der Waals surface area contributed by atoms with Gasteiger partial charge in [-0.15, -0.1) is 0 Å². The standard InChI is InChI=1S/C23H19F5N4O2/c1-14(15-2-4-17(5-3-15)23(26,27)28)8-16-11-30-7-6-19(16)21(34)31-12-20(33)32-13-22(24,25)9-18(32)10-29/h2-7,11,18H,1,8-9,12-13H2,(H,31,34). The summed E-state index contributed by atoms with van der Waals surface area (Å²) in [5.41, 5.74) is 0.614. The maximum absolute atomic E-state index is 13.5. The number of nitrogens with one attached hydrogen (secondary N) is 1. The number of alkyl halides is 5. The molecule has 0 radical (unpaired) electrons. The topological polar surface area (TPSA) is 86.1 Å². The summed E-state index contributed by atoms with van der Waals surface area (Å²) in [6.45, 7) is 2.38. The summed E-state index contributed by atoms with van der Waals surface area (Å²) in [4.78, 5) is 29.7. The van der Waals surface area contributed by atoms with Crippen molar-refractivity contribution in [2.24, 2.45) is 0 Å². The van der Waals surface area contributed by atoms with Crippen molar-refractivity contribution in [1.29, 1.82) is 5.26 Å². The van der Waals surface area contributed by atoms with Crippen LogP contribution < -0.4 is 5.32 Å². The van der Waals surface area contributed by atoms with Gasteiger partial charge in [-0.1, -0.05) is 18.7 Å². The van der Waals surface area contributed by atoms with Crippen LogP contribution in [0.2, 0.25) is 0 Å². The summed E-state index contributed by atoms with van der Waals surface area (Å²) in [5, 5.41) is 11.4. The van der Waals surface area contributed by atoms with Crippen LogP contribution in [0.25, 0.3) is 5.57 Å². The number of carbonyl (C=O) groups is 2. The Kier molecular flexibility index (Phi) is 7.00. The third kappa shape index (κ3) is 5.75. The minimum absolute atomic E-state index is 0.0881. The van der Waals surface area contributed by atoms with Gasteiger partial charge in [-0.3, -0.25) is 14.6 Å². The van der Waals surface area contributed by atoms with Gasteiger partial charge in [0.25, 0.3) is 11.8 Å². The maximum Gasteiger partial charge on any atom is 0.416 e. The molecule has 1 N–H and O–H groups in total. The first-order valence-corrected chi connectivity index (χ1v) is 10.0. The average molecular weight is 478 g/mol. The van der Waals surface area contributed by atoms with Crippen molar-refractivity contribution in [3.63, 3.8) is 0 Å². The Balaban J connectivity index is 1.66. The van der Waals surface area contributed by atoms with Crippen LogP contribution in [-0.2, 0) is 17.4 Å². The van der Waals surface area contributed by atoms with E-state index in [1.54, 1.807) is 6.07 Å². The van der Waals surface area contributed by atoms with Gasteiger partial charge < -0.3 is 10.2 Å². The first-order valence-electron chi connectivity index (χ1n) is 10.0. The van der Waals surface area contributed by atoms with Crippen LogP contribution in [0, 0.1) is 11.3 Å². The molecule has 2 amide bonds. The molecule has 34 heavy (non-hydrogen) atoms. The van der Waals surface area contributed by atoms with Crippen molar-refractivity contribution >= 4 is 17.4 Å². The van der Waals surface area contributed by atoms with Crippen LogP contribution in [0.4, 0.5) is 22.0 Å². The van der Waals surface area contributed by atoms with E-state index in [9.17, 15) is 31.5 Å². The van der Waals surface area contributed by atoms with Gasteiger partial charge in [0.05, 0.1) is 24.7 Å². The SMILES string of the molecule is C=C(Cc1cnccc1C(=O)NCC(=O)N1CC(F)(F)CC1C#N)c1ccc(C(F)(F)F)cc1. The third-order valence-electron chi connectivity index (χ3n) is 5.31. The van der Waals surface area contributed by atoms with E-state index in [1.807, 2.05) is 0 Å². The van der Waals surface area contributed by atoms with Crippen LogP contribution in [0.3, 0.4) is 0 Å². The molecule has 0 spiro atoms. The van der Waals surface area contributed by atoms with Crippen molar-refractivity contribution in [2.45, 2.75) is 31.0 Å².